The van der Waals surface area contributed by atoms with Crippen molar-refractivity contribution in [2.75, 3.05) is 11.9 Å². The highest BCUT2D eigenvalue weighted by Crippen LogP contribution is 2.36. The number of nitrogens with zero attached hydrogens (tertiary/aromatic N) is 2. The van der Waals surface area contributed by atoms with E-state index in [0.29, 0.717) is 35.6 Å². The number of hydrogen-bond donors (Lipinski definition) is 1. The third kappa shape index (κ3) is 4.60. The minimum absolute atomic E-state index is 0.406. The van der Waals surface area contributed by atoms with Crippen LogP contribution in [0.4, 0.5) is 5.82 Å². The Labute approximate surface area is 126 Å². The van der Waals surface area contributed by atoms with Crippen LogP contribution in [0.25, 0.3) is 0 Å². The summed E-state index contributed by atoms with van der Waals surface area (Å²) in [5.74, 6) is 1.45. The molecule has 1 aliphatic carbocycles. The van der Waals surface area contributed by atoms with Crippen molar-refractivity contribution >= 4 is 17.4 Å². The SMILES string of the molecule is CCOCc1nc(Cl)cc(NC2CCC(C)(C)CC2)n1. The molecule has 4 nitrogen and oxygen atoms in total. The Morgan fingerprint density at radius 3 is 2.70 bits per heavy atom. The predicted octanol–water partition coefficient (Wildman–Crippen LogP) is 4.05. The second-order valence-corrected chi connectivity index (χ2v) is 6.60. The quantitative estimate of drug-likeness (QED) is 0.833. The first-order valence-electron chi connectivity index (χ1n) is 7.36. The number of anilines is 1. The molecule has 1 saturated carbocycles. The predicted molar refractivity (Wildman–Crippen MR) is 82.0 cm³/mol. The lowest BCUT2D eigenvalue weighted by Crippen LogP contribution is -2.30. The molecule has 5 heteroatoms. The Morgan fingerprint density at radius 2 is 2.05 bits per heavy atom. The maximum atomic E-state index is 6.05. The fourth-order valence-corrected chi connectivity index (χ4v) is 2.75. The lowest BCUT2D eigenvalue weighted by molar-refractivity contribution is 0.128. The van der Waals surface area contributed by atoms with Crippen LogP contribution in [0, 0.1) is 5.41 Å². The van der Waals surface area contributed by atoms with Crippen LogP contribution in [-0.4, -0.2) is 22.6 Å². The number of rotatable bonds is 5. The van der Waals surface area contributed by atoms with Gasteiger partial charge in [-0.25, -0.2) is 9.97 Å². The second kappa shape index (κ2) is 6.72. The molecule has 1 aromatic heterocycles. The van der Waals surface area contributed by atoms with Crippen molar-refractivity contribution in [3.8, 4) is 0 Å². The molecule has 1 fully saturated rings. The molecule has 1 N–H and O–H groups in total. The average Bonchev–Trinajstić information content (AvgIpc) is 2.38. The first kappa shape index (κ1) is 15.5. The molecule has 0 unspecified atom stereocenters. The van der Waals surface area contributed by atoms with Gasteiger partial charge in [-0.15, -0.1) is 0 Å². The Kier molecular flexibility index (Phi) is 5.22. The third-order valence-corrected chi connectivity index (χ3v) is 4.06. The molecule has 0 bridgehead atoms. The van der Waals surface area contributed by atoms with Crippen LogP contribution in [0.5, 0.6) is 0 Å². The molecular formula is C15H24ClN3O. The molecule has 0 saturated heterocycles. The number of ether oxygens (including phenoxy) is 1. The van der Waals surface area contributed by atoms with Gasteiger partial charge in [-0.1, -0.05) is 25.4 Å². The minimum Gasteiger partial charge on any atom is -0.374 e. The monoisotopic (exact) mass is 297 g/mol. The zero-order valence-electron chi connectivity index (χ0n) is 12.6. The average molecular weight is 298 g/mol. The van der Waals surface area contributed by atoms with Crippen molar-refractivity contribution in [1.82, 2.24) is 9.97 Å². The normalized spacial score (nSPS) is 19.0. The fraction of sp³-hybridized carbons (Fsp3) is 0.733. The summed E-state index contributed by atoms with van der Waals surface area (Å²) in [4.78, 5) is 8.65. The second-order valence-electron chi connectivity index (χ2n) is 6.21. The Bertz CT molecular complexity index is 441. The van der Waals surface area contributed by atoms with E-state index >= 15 is 0 Å². The molecule has 1 aromatic rings. The molecular weight excluding hydrogens is 274 g/mol. The van der Waals surface area contributed by atoms with Crippen LogP contribution in [0.3, 0.4) is 0 Å². The summed E-state index contributed by atoms with van der Waals surface area (Å²) in [6.45, 7) is 7.68. The minimum atomic E-state index is 0.406. The molecule has 0 spiro atoms. The number of nitrogens with one attached hydrogen (secondary N) is 1. The van der Waals surface area contributed by atoms with Gasteiger partial charge >= 0.3 is 0 Å². The van der Waals surface area contributed by atoms with E-state index in [1.54, 1.807) is 6.07 Å². The highest BCUT2D eigenvalue weighted by molar-refractivity contribution is 6.29. The fourth-order valence-electron chi connectivity index (χ4n) is 2.55. The van der Waals surface area contributed by atoms with Crippen molar-refractivity contribution in [3.05, 3.63) is 17.0 Å². The Hall–Kier alpha value is -0.870. The molecule has 0 amide bonds. The summed E-state index contributed by atoms with van der Waals surface area (Å²) in [7, 11) is 0. The van der Waals surface area contributed by atoms with Crippen LogP contribution in [0.15, 0.2) is 6.07 Å². The highest BCUT2D eigenvalue weighted by Gasteiger charge is 2.26. The standard InChI is InChI=1S/C15H24ClN3O/c1-4-20-10-14-18-12(16)9-13(19-14)17-11-5-7-15(2,3)8-6-11/h9,11H,4-8,10H2,1-3H3,(H,17,18,19). The molecule has 0 aliphatic heterocycles. The smallest absolute Gasteiger partial charge is 0.158 e. The lowest BCUT2D eigenvalue weighted by Gasteiger charge is -2.34. The summed E-state index contributed by atoms with van der Waals surface area (Å²) in [5, 5.41) is 3.95. The summed E-state index contributed by atoms with van der Waals surface area (Å²) in [5.41, 5.74) is 0.474. The summed E-state index contributed by atoms with van der Waals surface area (Å²) < 4.78 is 5.34. The Balaban J connectivity index is 1.97. The van der Waals surface area contributed by atoms with Gasteiger partial charge in [0.1, 0.15) is 17.6 Å². The van der Waals surface area contributed by atoms with Crippen molar-refractivity contribution in [2.45, 2.75) is 59.1 Å². The van der Waals surface area contributed by atoms with E-state index < -0.39 is 0 Å². The topological polar surface area (TPSA) is 47.0 Å². The largest absolute Gasteiger partial charge is 0.374 e. The van der Waals surface area contributed by atoms with Crippen LogP contribution < -0.4 is 5.32 Å². The number of halogens is 1. The summed E-state index contributed by atoms with van der Waals surface area (Å²) in [6, 6.07) is 2.27. The Morgan fingerprint density at radius 1 is 1.35 bits per heavy atom. The van der Waals surface area contributed by atoms with Crippen LogP contribution >= 0.6 is 11.6 Å². The van der Waals surface area contributed by atoms with E-state index in [-0.39, 0.29) is 0 Å². The van der Waals surface area contributed by atoms with Gasteiger partial charge in [-0.05, 0) is 38.0 Å². The van der Waals surface area contributed by atoms with E-state index in [4.69, 9.17) is 16.3 Å². The maximum absolute atomic E-state index is 6.05. The van der Waals surface area contributed by atoms with E-state index in [9.17, 15) is 0 Å². The third-order valence-electron chi connectivity index (χ3n) is 3.87. The number of hydrogen-bond acceptors (Lipinski definition) is 4. The lowest BCUT2D eigenvalue weighted by atomic mass is 9.75. The van der Waals surface area contributed by atoms with Crippen molar-refractivity contribution < 1.29 is 4.74 Å². The van der Waals surface area contributed by atoms with Gasteiger partial charge in [0, 0.05) is 18.7 Å². The first-order chi connectivity index (χ1) is 9.48. The van der Waals surface area contributed by atoms with Crippen LogP contribution in [0.1, 0.15) is 52.3 Å². The van der Waals surface area contributed by atoms with Crippen LogP contribution in [-0.2, 0) is 11.3 Å². The van der Waals surface area contributed by atoms with E-state index in [2.05, 4.69) is 29.1 Å². The molecule has 20 heavy (non-hydrogen) atoms. The van der Waals surface area contributed by atoms with Gasteiger partial charge in [-0.3, -0.25) is 0 Å². The van der Waals surface area contributed by atoms with Crippen LogP contribution in [0.2, 0.25) is 5.15 Å². The highest BCUT2D eigenvalue weighted by atomic mass is 35.5. The summed E-state index contributed by atoms with van der Waals surface area (Å²) in [6.07, 6.45) is 4.84. The molecule has 112 valence electrons. The van der Waals surface area contributed by atoms with Gasteiger partial charge in [0.05, 0.1) is 0 Å². The summed E-state index contributed by atoms with van der Waals surface area (Å²) >= 11 is 6.05. The van der Waals surface area contributed by atoms with E-state index in [1.807, 2.05) is 6.92 Å². The van der Waals surface area contributed by atoms with Gasteiger partial charge in [0.2, 0.25) is 0 Å². The van der Waals surface area contributed by atoms with Gasteiger partial charge in [0.25, 0.3) is 0 Å². The van der Waals surface area contributed by atoms with Gasteiger partial charge < -0.3 is 10.1 Å². The van der Waals surface area contributed by atoms with E-state index in [0.717, 1.165) is 5.82 Å². The van der Waals surface area contributed by atoms with Crippen molar-refractivity contribution in [3.63, 3.8) is 0 Å². The molecule has 2 rings (SSSR count). The molecule has 1 heterocycles. The molecule has 0 atom stereocenters. The molecule has 1 aliphatic rings. The first-order valence-corrected chi connectivity index (χ1v) is 7.74. The van der Waals surface area contributed by atoms with Gasteiger partial charge in [-0.2, -0.15) is 0 Å². The molecule has 0 radical (unpaired) electrons. The maximum Gasteiger partial charge on any atom is 0.158 e. The van der Waals surface area contributed by atoms with Crippen molar-refractivity contribution in [2.24, 2.45) is 5.41 Å². The molecule has 0 aromatic carbocycles. The zero-order valence-corrected chi connectivity index (χ0v) is 13.3. The van der Waals surface area contributed by atoms with Gasteiger partial charge in [0.15, 0.2) is 5.82 Å². The van der Waals surface area contributed by atoms with Crippen molar-refractivity contribution in [1.29, 1.82) is 0 Å². The number of aromatic nitrogens is 2. The van der Waals surface area contributed by atoms with E-state index in [1.165, 1.54) is 25.7 Å². The zero-order chi connectivity index (χ0) is 14.6.